The second-order valence-electron chi connectivity index (χ2n) is 2.42. The fourth-order valence-corrected chi connectivity index (χ4v) is 0.750. The van der Waals surface area contributed by atoms with Crippen LogP contribution >= 0.6 is 17.0 Å². The van der Waals surface area contributed by atoms with Crippen molar-refractivity contribution in [2.45, 2.75) is 45.6 Å². The van der Waals surface area contributed by atoms with Crippen LogP contribution in [0.3, 0.4) is 0 Å². The minimum absolute atomic E-state index is 0. The van der Waals surface area contributed by atoms with Gasteiger partial charge >= 0.3 is 0 Å². The van der Waals surface area contributed by atoms with Crippen LogP contribution in [0.4, 0.5) is 0 Å². The zero-order valence-electron chi connectivity index (χ0n) is 6.61. The van der Waals surface area contributed by atoms with Crippen molar-refractivity contribution in [3.05, 3.63) is 0 Å². The fraction of sp³-hybridized carbons (Fsp3) is 1.00. The highest BCUT2D eigenvalue weighted by Gasteiger charge is 2.15. The molecule has 0 aromatic rings. The second kappa shape index (κ2) is 5.24. The molecule has 0 fully saturated rings. The summed E-state index contributed by atoms with van der Waals surface area (Å²) in [6.07, 6.45) is 3.29. The first kappa shape index (κ1) is 12.1. The lowest BCUT2D eigenvalue weighted by molar-refractivity contribution is 0.383. The van der Waals surface area contributed by atoms with Crippen molar-refractivity contribution in [3.63, 3.8) is 0 Å². The third-order valence-electron chi connectivity index (χ3n) is 2.11. The first-order valence-corrected chi connectivity index (χ1v) is 3.47. The quantitative estimate of drug-likeness (QED) is 0.737. The number of halogens is 1. The van der Waals surface area contributed by atoms with Crippen molar-refractivity contribution in [3.8, 4) is 0 Å². The molecule has 0 bridgehead atoms. The predicted octanol–water partition coefficient (Wildman–Crippen LogP) is 2.49. The van der Waals surface area contributed by atoms with Crippen LogP contribution < -0.4 is 5.73 Å². The molecule has 0 aliphatic rings. The highest BCUT2D eigenvalue weighted by molar-refractivity contribution is 8.93. The van der Waals surface area contributed by atoms with Gasteiger partial charge in [0.15, 0.2) is 0 Å². The van der Waals surface area contributed by atoms with Crippen LogP contribution in [0.5, 0.6) is 0 Å². The Morgan fingerprint density at radius 1 is 1.00 bits per heavy atom. The van der Waals surface area contributed by atoms with Crippen LogP contribution in [0.15, 0.2) is 0 Å². The molecule has 1 nitrogen and oxygen atoms in total. The van der Waals surface area contributed by atoms with E-state index in [-0.39, 0.29) is 22.5 Å². The van der Waals surface area contributed by atoms with Gasteiger partial charge in [-0.15, -0.1) is 17.0 Å². The Balaban J connectivity index is 0. The van der Waals surface area contributed by atoms with Gasteiger partial charge < -0.3 is 5.73 Å². The number of hydrogen-bond donors (Lipinski definition) is 1. The molecule has 2 N–H and O–H groups in total. The molecule has 0 aliphatic heterocycles. The normalized spacial score (nSPS) is 10.7. The molecule has 58 valence electrons. The third-order valence-corrected chi connectivity index (χ3v) is 2.11. The summed E-state index contributed by atoms with van der Waals surface area (Å²) in [7, 11) is 0. The van der Waals surface area contributed by atoms with Crippen molar-refractivity contribution in [1.82, 2.24) is 0 Å². The fourth-order valence-electron chi connectivity index (χ4n) is 0.750. The molecule has 0 saturated heterocycles. The Labute approximate surface area is 68.8 Å². The molecule has 0 amide bonds. The molecule has 0 atom stereocenters. The van der Waals surface area contributed by atoms with E-state index in [1.165, 1.54) is 0 Å². The predicted molar refractivity (Wildman–Crippen MR) is 48.1 cm³/mol. The topological polar surface area (TPSA) is 26.0 Å². The van der Waals surface area contributed by atoms with Crippen LogP contribution in [0.1, 0.15) is 40.0 Å². The van der Waals surface area contributed by atoms with Gasteiger partial charge in [-0.25, -0.2) is 0 Å². The van der Waals surface area contributed by atoms with Crippen LogP contribution in [0.2, 0.25) is 0 Å². The molecule has 0 rings (SSSR count). The zero-order chi connectivity index (χ0) is 6.62. The van der Waals surface area contributed by atoms with Gasteiger partial charge in [0.25, 0.3) is 0 Å². The lowest BCUT2D eigenvalue weighted by Crippen LogP contribution is -2.37. The number of rotatable bonds is 3. The Kier molecular flexibility index (Phi) is 7.08. The minimum atomic E-state index is 0. The van der Waals surface area contributed by atoms with Gasteiger partial charge in [-0.1, -0.05) is 20.8 Å². The van der Waals surface area contributed by atoms with Crippen molar-refractivity contribution in [1.29, 1.82) is 0 Å². The summed E-state index contributed by atoms with van der Waals surface area (Å²) < 4.78 is 0. The average Bonchev–Trinajstić information content (AvgIpc) is 1.87. The lowest BCUT2D eigenvalue weighted by Gasteiger charge is -2.23. The molecular formula is C7H18BrN. The standard InChI is InChI=1S/C7H17N.BrH/c1-4-7(8,5-2)6-3;/h4-6,8H2,1-3H3;1H. The van der Waals surface area contributed by atoms with Gasteiger partial charge in [0.2, 0.25) is 0 Å². The maximum absolute atomic E-state index is 5.90. The van der Waals surface area contributed by atoms with E-state index in [9.17, 15) is 0 Å². The van der Waals surface area contributed by atoms with Crippen LogP contribution in [0.25, 0.3) is 0 Å². The SMILES string of the molecule is Br.CCC(N)(CC)CC. The van der Waals surface area contributed by atoms with E-state index >= 15 is 0 Å². The Morgan fingerprint density at radius 2 is 1.22 bits per heavy atom. The Hall–Kier alpha value is 0.440. The summed E-state index contributed by atoms with van der Waals surface area (Å²) in [5, 5.41) is 0. The summed E-state index contributed by atoms with van der Waals surface area (Å²) in [6, 6.07) is 0. The van der Waals surface area contributed by atoms with Crippen LogP contribution in [0, 0.1) is 0 Å². The monoisotopic (exact) mass is 195 g/mol. The molecular weight excluding hydrogens is 178 g/mol. The Morgan fingerprint density at radius 3 is 1.22 bits per heavy atom. The molecule has 0 heterocycles. The molecule has 2 heteroatoms. The third kappa shape index (κ3) is 3.93. The van der Waals surface area contributed by atoms with Crippen molar-refractivity contribution >= 4 is 17.0 Å². The zero-order valence-corrected chi connectivity index (χ0v) is 8.32. The maximum atomic E-state index is 5.90. The van der Waals surface area contributed by atoms with E-state index in [1.54, 1.807) is 0 Å². The molecule has 0 radical (unpaired) electrons. The van der Waals surface area contributed by atoms with E-state index in [2.05, 4.69) is 20.8 Å². The van der Waals surface area contributed by atoms with E-state index in [0.29, 0.717) is 0 Å². The molecule has 0 spiro atoms. The molecule has 0 aliphatic carbocycles. The van der Waals surface area contributed by atoms with E-state index in [4.69, 9.17) is 5.73 Å². The number of hydrogen-bond acceptors (Lipinski definition) is 1. The minimum Gasteiger partial charge on any atom is -0.325 e. The summed E-state index contributed by atoms with van der Waals surface area (Å²) >= 11 is 0. The summed E-state index contributed by atoms with van der Waals surface area (Å²) in [6.45, 7) is 6.44. The largest absolute Gasteiger partial charge is 0.325 e. The first-order chi connectivity index (χ1) is 3.68. The average molecular weight is 196 g/mol. The summed E-state index contributed by atoms with van der Waals surface area (Å²) in [5.74, 6) is 0. The van der Waals surface area contributed by atoms with Crippen LogP contribution in [-0.4, -0.2) is 5.54 Å². The van der Waals surface area contributed by atoms with Gasteiger partial charge in [-0.2, -0.15) is 0 Å². The summed E-state index contributed by atoms with van der Waals surface area (Å²) in [5.41, 5.74) is 6.02. The smallest absolute Gasteiger partial charge is 0.0146 e. The molecule has 9 heavy (non-hydrogen) atoms. The lowest BCUT2D eigenvalue weighted by atomic mass is 9.92. The van der Waals surface area contributed by atoms with Crippen LogP contribution in [-0.2, 0) is 0 Å². The highest BCUT2D eigenvalue weighted by Crippen LogP contribution is 2.14. The van der Waals surface area contributed by atoms with Crippen molar-refractivity contribution < 1.29 is 0 Å². The molecule has 0 unspecified atom stereocenters. The van der Waals surface area contributed by atoms with Gasteiger partial charge in [-0.3, -0.25) is 0 Å². The first-order valence-electron chi connectivity index (χ1n) is 3.47. The molecule has 0 saturated carbocycles. The Bertz CT molecular complexity index is 51.7. The van der Waals surface area contributed by atoms with E-state index < -0.39 is 0 Å². The van der Waals surface area contributed by atoms with Crippen molar-refractivity contribution in [2.75, 3.05) is 0 Å². The molecule has 0 aromatic carbocycles. The maximum Gasteiger partial charge on any atom is 0.0146 e. The van der Waals surface area contributed by atoms with Gasteiger partial charge in [0.05, 0.1) is 0 Å². The number of nitrogens with two attached hydrogens (primary N) is 1. The second-order valence-corrected chi connectivity index (χ2v) is 2.42. The van der Waals surface area contributed by atoms with Crippen molar-refractivity contribution in [2.24, 2.45) is 5.73 Å². The van der Waals surface area contributed by atoms with Gasteiger partial charge in [0, 0.05) is 5.54 Å². The van der Waals surface area contributed by atoms with E-state index in [0.717, 1.165) is 19.3 Å². The van der Waals surface area contributed by atoms with E-state index in [1.807, 2.05) is 0 Å². The highest BCUT2D eigenvalue weighted by atomic mass is 79.9. The molecule has 0 aromatic heterocycles. The van der Waals surface area contributed by atoms with Gasteiger partial charge in [-0.05, 0) is 19.3 Å². The summed E-state index contributed by atoms with van der Waals surface area (Å²) in [4.78, 5) is 0. The van der Waals surface area contributed by atoms with Gasteiger partial charge in [0.1, 0.15) is 0 Å².